The van der Waals surface area contributed by atoms with Gasteiger partial charge in [-0.15, -0.1) is 0 Å². The fraction of sp³-hybridized carbons (Fsp3) is 0.562. The molecule has 0 bridgehead atoms. The molecule has 2 rings (SSSR count). The number of rotatable bonds is 6. The first-order valence-electron chi connectivity index (χ1n) is 7.61. The molecule has 1 aromatic carbocycles. The number of likely N-dealkylation sites (N-methyl/N-ethyl adjacent to an activating group) is 1. The number of hydrogen-bond acceptors (Lipinski definition) is 5. The average molecular weight is 341 g/mol. The minimum atomic E-state index is -3.01. The van der Waals surface area contributed by atoms with Crippen LogP contribution in [0.15, 0.2) is 18.2 Å². The highest BCUT2D eigenvalue weighted by Crippen LogP contribution is 2.26. The van der Waals surface area contributed by atoms with E-state index < -0.39 is 9.84 Å². The molecule has 1 fully saturated rings. The predicted octanol–water partition coefficient (Wildman–Crippen LogP) is 1.28. The van der Waals surface area contributed by atoms with Gasteiger partial charge in [0.25, 0.3) is 0 Å². The summed E-state index contributed by atoms with van der Waals surface area (Å²) < 4.78 is 33.7. The second-order valence-electron chi connectivity index (χ2n) is 5.59. The molecule has 1 aliphatic heterocycles. The minimum absolute atomic E-state index is 0.0618. The van der Waals surface area contributed by atoms with Crippen LogP contribution in [0, 0.1) is 0 Å². The molecule has 1 amide bonds. The van der Waals surface area contributed by atoms with E-state index in [1.165, 1.54) is 0 Å². The Kier molecular flexibility index (Phi) is 5.51. The molecule has 1 aromatic rings. The van der Waals surface area contributed by atoms with E-state index in [-0.39, 0.29) is 29.9 Å². The molecule has 0 saturated carbocycles. The van der Waals surface area contributed by atoms with Crippen molar-refractivity contribution in [1.82, 2.24) is 4.90 Å². The van der Waals surface area contributed by atoms with Gasteiger partial charge in [-0.05, 0) is 19.4 Å². The highest BCUT2D eigenvalue weighted by molar-refractivity contribution is 7.91. The van der Waals surface area contributed by atoms with E-state index in [2.05, 4.69) is 0 Å². The maximum absolute atomic E-state index is 12.6. The first-order chi connectivity index (χ1) is 10.9. The van der Waals surface area contributed by atoms with Crippen molar-refractivity contribution in [1.29, 1.82) is 0 Å². The number of carbonyl (C=O) groups excluding carboxylic acids is 1. The maximum atomic E-state index is 12.6. The number of methoxy groups -OCH3 is 2. The van der Waals surface area contributed by atoms with Gasteiger partial charge in [-0.1, -0.05) is 6.07 Å². The number of sulfone groups is 1. The fourth-order valence-electron chi connectivity index (χ4n) is 2.92. The summed E-state index contributed by atoms with van der Waals surface area (Å²) in [6.45, 7) is 2.37. The summed E-state index contributed by atoms with van der Waals surface area (Å²) in [4.78, 5) is 14.3. The molecule has 128 valence electrons. The van der Waals surface area contributed by atoms with Crippen LogP contribution in [0.3, 0.4) is 0 Å². The standard InChI is InChI=1S/C16H23NO5S/c1-4-17(13-7-8-23(19,20)11-13)16(18)9-12-5-6-14(21-2)10-15(12)22-3/h5-6,10,13H,4,7-9,11H2,1-3H3. The largest absolute Gasteiger partial charge is 0.497 e. The van der Waals surface area contributed by atoms with Crippen LogP contribution in [0.2, 0.25) is 0 Å². The van der Waals surface area contributed by atoms with Gasteiger partial charge < -0.3 is 14.4 Å². The van der Waals surface area contributed by atoms with Crippen LogP contribution >= 0.6 is 0 Å². The zero-order valence-corrected chi connectivity index (χ0v) is 14.6. The molecule has 0 radical (unpaired) electrons. The molecule has 6 nitrogen and oxygen atoms in total. The topological polar surface area (TPSA) is 72.9 Å². The molecular formula is C16H23NO5S. The van der Waals surface area contributed by atoms with E-state index in [0.29, 0.717) is 24.5 Å². The molecule has 1 saturated heterocycles. The smallest absolute Gasteiger partial charge is 0.227 e. The zero-order chi connectivity index (χ0) is 17.0. The van der Waals surface area contributed by atoms with Gasteiger partial charge in [0.05, 0.1) is 32.1 Å². The molecule has 0 aromatic heterocycles. The third-order valence-corrected chi connectivity index (χ3v) is 5.90. The number of amides is 1. The molecular weight excluding hydrogens is 318 g/mol. The van der Waals surface area contributed by atoms with Gasteiger partial charge in [-0.2, -0.15) is 0 Å². The van der Waals surface area contributed by atoms with Crippen LogP contribution in [0.25, 0.3) is 0 Å². The Bertz CT molecular complexity index is 671. The van der Waals surface area contributed by atoms with Crippen LogP contribution in [-0.4, -0.2) is 57.5 Å². The number of nitrogens with zero attached hydrogens (tertiary/aromatic N) is 1. The van der Waals surface area contributed by atoms with Crippen molar-refractivity contribution in [3.63, 3.8) is 0 Å². The molecule has 1 aliphatic rings. The van der Waals surface area contributed by atoms with Crippen LogP contribution in [0.5, 0.6) is 11.5 Å². The predicted molar refractivity (Wildman–Crippen MR) is 87.7 cm³/mol. The summed E-state index contributed by atoms with van der Waals surface area (Å²) in [5.74, 6) is 1.39. The second-order valence-corrected chi connectivity index (χ2v) is 7.82. The fourth-order valence-corrected chi connectivity index (χ4v) is 4.65. The molecule has 0 N–H and O–H groups in total. The molecule has 1 heterocycles. The molecule has 7 heteroatoms. The minimum Gasteiger partial charge on any atom is -0.497 e. The van der Waals surface area contributed by atoms with Gasteiger partial charge in [-0.25, -0.2) is 8.42 Å². The molecule has 1 atom stereocenters. The van der Waals surface area contributed by atoms with Gasteiger partial charge in [-0.3, -0.25) is 4.79 Å². The molecule has 1 unspecified atom stereocenters. The normalized spacial score (nSPS) is 19.3. The van der Waals surface area contributed by atoms with Crippen molar-refractivity contribution in [2.75, 3.05) is 32.3 Å². The molecule has 0 spiro atoms. The van der Waals surface area contributed by atoms with Crippen molar-refractivity contribution < 1.29 is 22.7 Å². The van der Waals surface area contributed by atoms with Crippen LogP contribution < -0.4 is 9.47 Å². The first-order valence-corrected chi connectivity index (χ1v) is 9.43. The highest BCUT2D eigenvalue weighted by atomic mass is 32.2. The maximum Gasteiger partial charge on any atom is 0.227 e. The van der Waals surface area contributed by atoms with Crippen LogP contribution in [-0.2, 0) is 21.1 Å². The Morgan fingerprint density at radius 2 is 2.04 bits per heavy atom. The number of hydrogen-bond donors (Lipinski definition) is 0. The lowest BCUT2D eigenvalue weighted by molar-refractivity contribution is -0.132. The third kappa shape index (κ3) is 4.16. The van der Waals surface area contributed by atoms with Gasteiger partial charge in [0, 0.05) is 24.2 Å². The van der Waals surface area contributed by atoms with Crippen LogP contribution in [0.1, 0.15) is 18.9 Å². The Morgan fingerprint density at radius 1 is 1.30 bits per heavy atom. The number of benzene rings is 1. The van der Waals surface area contributed by atoms with Crippen molar-refractivity contribution in [2.24, 2.45) is 0 Å². The third-order valence-electron chi connectivity index (χ3n) is 4.15. The SMILES string of the molecule is CCN(C(=O)Cc1ccc(OC)cc1OC)C1CCS(=O)(=O)C1. The van der Waals surface area contributed by atoms with Gasteiger partial charge >= 0.3 is 0 Å². The molecule has 0 aliphatic carbocycles. The average Bonchev–Trinajstić information content (AvgIpc) is 2.88. The summed E-state index contributed by atoms with van der Waals surface area (Å²) in [6, 6.07) is 5.09. The number of carbonyl (C=O) groups is 1. The Hall–Kier alpha value is -1.76. The second kappa shape index (κ2) is 7.21. The summed E-state index contributed by atoms with van der Waals surface area (Å²) in [5, 5.41) is 0. The van der Waals surface area contributed by atoms with E-state index in [4.69, 9.17) is 9.47 Å². The number of ether oxygens (including phenoxy) is 2. The van der Waals surface area contributed by atoms with Crippen molar-refractivity contribution in [2.45, 2.75) is 25.8 Å². The highest BCUT2D eigenvalue weighted by Gasteiger charge is 2.33. The first kappa shape index (κ1) is 17.6. The quantitative estimate of drug-likeness (QED) is 0.779. The van der Waals surface area contributed by atoms with E-state index in [9.17, 15) is 13.2 Å². The molecule has 23 heavy (non-hydrogen) atoms. The Labute approximate surface area is 137 Å². The van der Waals surface area contributed by atoms with Crippen molar-refractivity contribution in [3.8, 4) is 11.5 Å². The van der Waals surface area contributed by atoms with Gasteiger partial charge in [0.1, 0.15) is 11.5 Å². The zero-order valence-electron chi connectivity index (χ0n) is 13.7. The van der Waals surface area contributed by atoms with Crippen molar-refractivity contribution >= 4 is 15.7 Å². The monoisotopic (exact) mass is 341 g/mol. The Balaban J connectivity index is 2.14. The van der Waals surface area contributed by atoms with Gasteiger partial charge in [0.2, 0.25) is 5.91 Å². The van der Waals surface area contributed by atoms with E-state index in [1.807, 2.05) is 6.92 Å². The van der Waals surface area contributed by atoms with E-state index in [1.54, 1.807) is 37.3 Å². The lowest BCUT2D eigenvalue weighted by Gasteiger charge is -2.27. The van der Waals surface area contributed by atoms with E-state index in [0.717, 1.165) is 5.56 Å². The lowest BCUT2D eigenvalue weighted by Crippen LogP contribution is -2.41. The van der Waals surface area contributed by atoms with Crippen molar-refractivity contribution in [3.05, 3.63) is 23.8 Å². The van der Waals surface area contributed by atoms with E-state index >= 15 is 0 Å². The lowest BCUT2D eigenvalue weighted by atomic mass is 10.1. The summed E-state index contributed by atoms with van der Waals surface area (Å²) in [5.41, 5.74) is 0.762. The van der Waals surface area contributed by atoms with Gasteiger partial charge in [0.15, 0.2) is 9.84 Å². The Morgan fingerprint density at radius 3 is 2.57 bits per heavy atom. The summed E-state index contributed by atoms with van der Waals surface area (Å²) in [7, 11) is 0.100. The summed E-state index contributed by atoms with van der Waals surface area (Å²) >= 11 is 0. The van der Waals surface area contributed by atoms with Crippen LogP contribution in [0.4, 0.5) is 0 Å². The summed E-state index contributed by atoms with van der Waals surface area (Å²) in [6.07, 6.45) is 0.694.